The number of hydrogen-bond acceptors (Lipinski definition) is 4. The number of rotatable bonds is 6. The van der Waals surface area contributed by atoms with E-state index in [0.29, 0.717) is 31.2 Å². The van der Waals surface area contributed by atoms with Crippen molar-refractivity contribution in [3.63, 3.8) is 0 Å². The first-order valence-electron chi connectivity index (χ1n) is 10.6. The molecule has 1 atom stereocenters. The third kappa shape index (κ3) is 5.55. The van der Waals surface area contributed by atoms with Gasteiger partial charge in [-0.25, -0.2) is 0 Å². The average molecular weight is 387 g/mol. The van der Waals surface area contributed by atoms with Crippen molar-refractivity contribution >= 4 is 11.8 Å². The van der Waals surface area contributed by atoms with Gasteiger partial charge in [0, 0.05) is 50.9 Å². The molecule has 28 heavy (non-hydrogen) atoms. The molecule has 1 aromatic rings. The number of piperazine rings is 1. The second kappa shape index (κ2) is 10.0. The van der Waals surface area contributed by atoms with E-state index in [0.717, 1.165) is 31.7 Å². The van der Waals surface area contributed by atoms with E-state index in [4.69, 9.17) is 0 Å². The molecule has 2 saturated heterocycles. The van der Waals surface area contributed by atoms with Crippen molar-refractivity contribution in [3.05, 3.63) is 35.4 Å². The molecule has 0 radical (unpaired) electrons. The van der Waals surface area contributed by atoms with Crippen LogP contribution in [0.25, 0.3) is 0 Å². The van der Waals surface area contributed by atoms with Crippen molar-refractivity contribution in [2.75, 3.05) is 52.4 Å². The smallest absolute Gasteiger partial charge is 0.254 e. The predicted octanol–water partition coefficient (Wildman–Crippen LogP) is 1.74. The summed E-state index contributed by atoms with van der Waals surface area (Å²) in [5, 5.41) is 3.27. The maximum atomic E-state index is 13.2. The molecule has 1 aromatic carbocycles. The highest BCUT2D eigenvalue weighted by molar-refractivity contribution is 5.96. The number of hydrogen-bond donors (Lipinski definition) is 1. The van der Waals surface area contributed by atoms with E-state index in [1.165, 1.54) is 19.3 Å². The molecule has 0 unspecified atom stereocenters. The van der Waals surface area contributed by atoms with E-state index < -0.39 is 0 Å². The number of amides is 2. The Labute approximate surface area is 168 Å². The van der Waals surface area contributed by atoms with Crippen LogP contribution >= 0.6 is 0 Å². The summed E-state index contributed by atoms with van der Waals surface area (Å²) in [5.74, 6) is 0.00560. The van der Waals surface area contributed by atoms with Gasteiger partial charge in [-0.15, -0.1) is 0 Å². The maximum Gasteiger partial charge on any atom is 0.254 e. The third-order valence-corrected chi connectivity index (χ3v) is 5.95. The average Bonchev–Trinajstić information content (AvgIpc) is 2.72. The molecule has 1 N–H and O–H groups in total. The van der Waals surface area contributed by atoms with Gasteiger partial charge in [0.2, 0.25) is 5.91 Å². The Hall–Kier alpha value is -1.92. The Morgan fingerprint density at radius 3 is 2.68 bits per heavy atom. The predicted molar refractivity (Wildman–Crippen MR) is 111 cm³/mol. The summed E-state index contributed by atoms with van der Waals surface area (Å²) in [6.07, 6.45) is 3.71. The molecule has 2 aliphatic rings. The quantitative estimate of drug-likeness (QED) is 0.809. The Morgan fingerprint density at radius 2 is 1.96 bits per heavy atom. The first-order chi connectivity index (χ1) is 13.5. The maximum absolute atomic E-state index is 13.2. The Kier molecular flexibility index (Phi) is 7.45. The molecule has 0 bridgehead atoms. The fraction of sp³-hybridized carbons (Fsp3) is 0.636. The van der Waals surface area contributed by atoms with Gasteiger partial charge in [-0.2, -0.15) is 0 Å². The number of carbonyl (C=O) groups excluding carboxylic acids is 2. The SMILES string of the molecule is Cc1cccc(C(=O)N(CCN2CCCC[C@@H]2C)CC(=O)N2CCNCC2)c1. The summed E-state index contributed by atoms with van der Waals surface area (Å²) in [6.45, 7) is 9.99. The summed E-state index contributed by atoms with van der Waals surface area (Å²) in [5.41, 5.74) is 1.73. The van der Waals surface area contributed by atoms with Crippen LogP contribution in [0.15, 0.2) is 24.3 Å². The minimum atomic E-state index is -0.0446. The van der Waals surface area contributed by atoms with Crippen LogP contribution in [0.1, 0.15) is 42.1 Å². The normalized spacial score (nSPS) is 20.8. The van der Waals surface area contributed by atoms with Crippen molar-refractivity contribution in [2.24, 2.45) is 0 Å². The zero-order valence-corrected chi connectivity index (χ0v) is 17.3. The lowest BCUT2D eigenvalue weighted by Gasteiger charge is -2.35. The lowest BCUT2D eigenvalue weighted by Crippen LogP contribution is -2.51. The van der Waals surface area contributed by atoms with E-state index in [-0.39, 0.29) is 18.4 Å². The van der Waals surface area contributed by atoms with E-state index in [1.807, 2.05) is 36.1 Å². The van der Waals surface area contributed by atoms with Gasteiger partial charge >= 0.3 is 0 Å². The zero-order chi connectivity index (χ0) is 19.9. The number of nitrogens with zero attached hydrogens (tertiary/aromatic N) is 3. The summed E-state index contributed by atoms with van der Waals surface area (Å²) >= 11 is 0. The van der Waals surface area contributed by atoms with Gasteiger partial charge in [0.25, 0.3) is 5.91 Å². The van der Waals surface area contributed by atoms with Crippen molar-refractivity contribution in [2.45, 2.75) is 39.2 Å². The highest BCUT2D eigenvalue weighted by atomic mass is 16.2. The summed E-state index contributed by atoms with van der Waals surface area (Å²) < 4.78 is 0. The third-order valence-electron chi connectivity index (χ3n) is 5.95. The molecule has 2 amide bonds. The van der Waals surface area contributed by atoms with Crippen LogP contribution in [0.4, 0.5) is 0 Å². The number of likely N-dealkylation sites (tertiary alicyclic amines) is 1. The first kappa shape index (κ1) is 20.8. The van der Waals surface area contributed by atoms with E-state index in [1.54, 1.807) is 4.90 Å². The topological polar surface area (TPSA) is 55.9 Å². The molecule has 2 aliphatic heterocycles. The molecule has 2 heterocycles. The molecule has 0 aromatic heterocycles. The Morgan fingerprint density at radius 1 is 1.18 bits per heavy atom. The van der Waals surface area contributed by atoms with Gasteiger partial charge in [0.15, 0.2) is 0 Å². The number of aryl methyl sites for hydroxylation is 1. The van der Waals surface area contributed by atoms with Crippen LogP contribution in [0.5, 0.6) is 0 Å². The highest BCUT2D eigenvalue weighted by Gasteiger charge is 2.25. The molecule has 6 heteroatoms. The molecule has 154 valence electrons. The van der Waals surface area contributed by atoms with Crippen LogP contribution in [0.3, 0.4) is 0 Å². The van der Waals surface area contributed by atoms with Crippen LogP contribution in [-0.4, -0.2) is 84.9 Å². The van der Waals surface area contributed by atoms with E-state index >= 15 is 0 Å². The van der Waals surface area contributed by atoms with Crippen LogP contribution in [0.2, 0.25) is 0 Å². The van der Waals surface area contributed by atoms with Gasteiger partial charge < -0.3 is 15.1 Å². The Bertz CT molecular complexity index is 672. The molecular formula is C22H34N4O2. The zero-order valence-electron chi connectivity index (χ0n) is 17.3. The second-order valence-corrected chi connectivity index (χ2v) is 8.11. The standard InChI is InChI=1S/C22H34N4O2/c1-18-6-5-8-20(16-18)22(28)26(15-14-24-11-4-3-7-19(24)2)17-21(27)25-12-9-23-10-13-25/h5-6,8,16,19,23H,3-4,7,9-15,17H2,1-2H3/t19-/m0/s1. The molecular weight excluding hydrogens is 352 g/mol. The fourth-order valence-electron chi connectivity index (χ4n) is 4.13. The van der Waals surface area contributed by atoms with E-state index in [9.17, 15) is 9.59 Å². The molecule has 3 rings (SSSR count). The number of nitrogens with one attached hydrogen (secondary N) is 1. The molecule has 0 saturated carbocycles. The lowest BCUT2D eigenvalue weighted by molar-refractivity contribution is -0.132. The van der Waals surface area contributed by atoms with Gasteiger partial charge in [-0.05, 0) is 45.4 Å². The fourth-order valence-corrected chi connectivity index (χ4v) is 4.13. The lowest BCUT2D eigenvalue weighted by atomic mass is 10.0. The molecule has 0 aliphatic carbocycles. The summed E-state index contributed by atoms with van der Waals surface area (Å²) in [6, 6.07) is 8.21. The summed E-state index contributed by atoms with van der Waals surface area (Å²) in [7, 11) is 0. The van der Waals surface area contributed by atoms with Crippen molar-refractivity contribution in [3.8, 4) is 0 Å². The monoisotopic (exact) mass is 386 g/mol. The number of carbonyl (C=O) groups is 2. The second-order valence-electron chi connectivity index (χ2n) is 8.11. The van der Waals surface area contributed by atoms with E-state index in [2.05, 4.69) is 17.1 Å². The van der Waals surface area contributed by atoms with Crippen LogP contribution in [-0.2, 0) is 4.79 Å². The largest absolute Gasteiger partial charge is 0.339 e. The van der Waals surface area contributed by atoms with Gasteiger partial charge in [-0.1, -0.05) is 24.1 Å². The number of piperidine rings is 1. The van der Waals surface area contributed by atoms with Crippen LogP contribution in [0, 0.1) is 6.92 Å². The van der Waals surface area contributed by atoms with Gasteiger partial charge in [0.05, 0.1) is 0 Å². The van der Waals surface area contributed by atoms with Crippen LogP contribution < -0.4 is 5.32 Å². The minimum absolute atomic E-state index is 0.0446. The number of benzene rings is 1. The van der Waals surface area contributed by atoms with Crippen molar-refractivity contribution in [1.82, 2.24) is 20.0 Å². The Balaban J connectivity index is 1.68. The van der Waals surface area contributed by atoms with Crippen molar-refractivity contribution < 1.29 is 9.59 Å². The molecule has 0 spiro atoms. The van der Waals surface area contributed by atoms with Crippen molar-refractivity contribution in [1.29, 1.82) is 0 Å². The van der Waals surface area contributed by atoms with Gasteiger partial charge in [-0.3, -0.25) is 14.5 Å². The molecule has 6 nitrogen and oxygen atoms in total. The summed E-state index contributed by atoms with van der Waals surface area (Å²) in [4.78, 5) is 32.1. The molecule has 2 fully saturated rings. The first-order valence-corrected chi connectivity index (χ1v) is 10.6. The highest BCUT2D eigenvalue weighted by Crippen LogP contribution is 2.16. The minimum Gasteiger partial charge on any atom is -0.339 e. The van der Waals surface area contributed by atoms with Gasteiger partial charge in [0.1, 0.15) is 6.54 Å².